The van der Waals surface area contributed by atoms with Gasteiger partial charge in [0.1, 0.15) is 5.60 Å². The highest BCUT2D eigenvalue weighted by Gasteiger charge is 2.42. The number of amides is 1. The largest absolute Gasteiger partial charge is 0.389 e. The van der Waals surface area contributed by atoms with Crippen molar-refractivity contribution in [1.29, 1.82) is 0 Å². The molecule has 0 atom stereocenters. The third kappa shape index (κ3) is 3.66. The lowest BCUT2D eigenvalue weighted by Crippen LogP contribution is -2.56. The van der Waals surface area contributed by atoms with Gasteiger partial charge in [-0.1, -0.05) is 0 Å². The number of nitrogens with one attached hydrogen (secondary N) is 1. The summed E-state index contributed by atoms with van der Waals surface area (Å²) >= 11 is 0. The highest BCUT2D eigenvalue weighted by molar-refractivity contribution is 5.85. The van der Waals surface area contributed by atoms with Crippen molar-refractivity contribution < 1.29 is 14.6 Å². The van der Waals surface area contributed by atoms with E-state index in [0.717, 1.165) is 13.1 Å². The van der Waals surface area contributed by atoms with E-state index in [2.05, 4.69) is 5.32 Å². The molecule has 1 amide bonds. The summed E-state index contributed by atoms with van der Waals surface area (Å²) in [5, 5.41) is 13.0. The fourth-order valence-corrected chi connectivity index (χ4v) is 2.34. The maximum Gasteiger partial charge on any atom is 0.254 e. The molecule has 0 saturated carbocycles. The maximum absolute atomic E-state index is 12.4. The average molecular weight is 244 g/mol. The molecule has 1 heterocycles. The van der Waals surface area contributed by atoms with Gasteiger partial charge in [0.2, 0.25) is 0 Å². The lowest BCUT2D eigenvalue weighted by molar-refractivity contribution is -0.159. The maximum atomic E-state index is 12.4. The van der Waals surface area contributed by atoms with Gasteiger partial charge in [0.25, 0.3) is 5.91 Å². The summed E-state index contributed by atoms with van der Waals surface area (Å²) < 4.78 is 5.46. The number of ether oxygens (including phenoxy) is 1. The van der Waals surface area contributed by atoms with Gasteiger partial charge in [-0.25, -0.2) is 0 Å². The number of methoxy groups -OCH3 is 1. The molecule has 1 saturated heterocycles. The zero-order valence-electron chi connectivity index (χ0n) is 11.2. The molecule has 1 fully saturated rings. The van der Waals surface area contributed by atoms with Gasteiger partial charge >= 0.3 is 0 Å². The standard InChI is InChI=1S/C12H24N2O3/c1-11(2,16)9-14(3)10(15)12(17-4)5-7-13-8-6-12/h13,16H,5-9H2,1-4H3. The Hall–Kier alpha value is -0.650. The third-order valence-corrected chi connectivity index (χ3v) is 3.16. The van der Waals surface area contributed by atoms with Gasteiger partial charge < -0.3 is 20.1 Å². The molecular formula is C12H24N2O3. The number of hydrogen-bond acceptors (Lipinski definition) is 4. The molecule has 0 aromatic heterocycles. The molecule has 5 nitrogen and oxygen atoms in total. The second kappa shape index (κ2) is 5.33. The van der Waals surface area contributed by atoms with Crippen molar-refractivity contribution >= 4 is 5.91 Å². The van der Waals surface area contributed by atoms with Gasteiger partial charge in [-0.3, -0.25) is 4.79 Å². The number of piperidine rings is 1. The molecule has 0 spiro atoms. The van der Waals surface area contributed by atoms with E-state index in [1.54, 1.807) is 32.9 Å². The van der Waals surface area contributed by atoms with Gasteiger partial charge in [0.05, 0.1) is 5.60 Å². The van der Waals surface area contributed by atoms with E-state index < -0.39 is 11.2 Å². The molecule has 5 heteroatoms. The molecule has 100 valence electrons. The Balaban J connectivity index is 2.71. The first-order chi connectivity index (χ1) is 7.81. The second-order valence-corrected chi connectivity index (χ2v) is 5.42. The molecule has 1 aliphatic heterocycles. The number of aliphatic hydroxyl groups is 1. The summed E-state index contributed by atoms with van der Waals surface area (Å²) in [7, 11) is 3.30. The molecule has 0 radical (unpaired) electrons. The second-order valence-electron chi connectivity index (χ2n) is 5.42. The molecule has 2 N–H and O–H groups in total. The van der Waals surface area contributed by atoms with Gasteiger partial charge in [0, 0.05) is 20.7 Å². The molecule has 0 bridgehead atoms. The number of likely N-dealkylation sites (N-methyl/N-ethyl adjacent to an activating group) is 1. The van der Waals surface area contributed by atoms with Crippen LogP contribution in [-0.2, 0) is 9.53 Å². The van der Waals surface area contributed by atoms with Gasteiger partial charge in [-0.2, -0.15) is 0 Å². The minimum Gasteiger partial charge on any atom is -0.389 e. The van der Waals surface area contributed by atoms with Crippen LogP contribution in [0.2, 0.25) is 0 Å². The first kappa shape index (κ1) is 14.4. The molecule has 1 rings (SSSR count). The molecule has 17 heavy (non-hydrogen) atoms. The molecule has 0 aliphatic carbocycles. The Morgan fingerprint density at radius 3 is 2.41 bits per heavy atom. The Labute approximate surface area is 103 Å². The van der Waals surface area contributed by atoms with Gasteiger partial charge in [-0.05, 0) is 39.8 Å². The Bertz CT molecular complexity index is 267. The van der Waals surface area contributed by atoms with Crippen molar-refractivity contribution in [1.82, 2.24) is 10.2 Å². The van der Waals surface area contributed by atoms with Crippen molar-refractivity contribution in [3.63, 3.8) is 0 Å². The molecular weight excluding hydrogens is 220 g/mol. The topological polar surface area (TPSA) is 61.8 Å². The minimum atomic E-state index is -0.883. The van der Waals surface area contributed by atoms with Crippen molar-refractivity contribution in [3.8, 4) is 0 Å². The molecule has 0 aromatic carbocycles. The van der Waals surface area contributed by atoms with Crippen LogP contribution in [0, 0.1) is 0 Å². The van der Waals surface area contributed by atoms with Crippen molar-refractivity contribution in [2.75, 3.05) is 33.8 Å². The summed E-state index contributed by atoms with van der Waals surface area (Å²) in [5.41, 5.74) is -1.60. The van der Waals surface area contributed by atoms with Crippen LogP contribution in [0.5, 0.6) is 0 Å². The van der Waals surface area contributed by atoms with Crippen LogP contribution in [-0.4, -0.2) is 60.9 Å². The van der Waals surface area contributed by atoms with Gasteiger partial charge in [-0.15, -0.1) is 0 Å². The van der Waals surface area contributed by atoms with Crippen LogP contribution in [0.25, 0.3) is 0 Å². The van der Waals surface area contributed by atoms with Crippen molar-refractivity contribution in [3.05, 3.63) is 0 Å². The van der Waals surface area contributed by atoms with E-state index in [-0.39, 0.29) is 5.91 Å². The average Bonchev–Trinajstić information content (AvgIpc) is 2.26. The lowest BCUT2D eigenvalue weighted by atomic mass is 9.90. The van der Waals surface area contributed by atoms with Crippen LogP contribution < -0.4 is 5.32 Å². The number of rotatable bonds is 4. The molecule has 0 unspecified atom stereocenters. The van der Waals surface area contributed by atoms with E-state index in [0.29, 0.717) is 19.4 Å². The first-order valence-electron chi connectivity index (χ1n) is 6.04. The SMILES string of the molecule is COC1(C(=O)N(C)CC(C)(C)O)CCNCC1. The summed E-state index contributed by atoms with van der Waals surface area (Å²) in [5.74, 6) is -0.0383. The predicted molar refractivity (Wildman–Crippen MR) is 65.8 cm³/mol. The summed E-state index contributed by atoms with van der Waals surface area (Å²) in [6, 6.07) is 0. The highest BCUT2D eigenvalue weighted by atomic mass is 16.5. The van der Waals surface area contributed by atoms with Crippen molar-refractivity contribution in [2.45, 2.75) is 37.9 Å². The fourth-order valence-electron chi connectivity index (χ4n) is 2.34. The summed E-state index contributed by atoms with van der Waals surface area (Å²) in [6.07, 6.45) is 1.36. The van der Waals surface area contributed by atoms with Crippen LogP contribution in [0.3, 0.4) is 0 Å². The smallest absolute Gasteiger partial charge is 0.254 e. The monoisotopic (exact) mass is 244 g/mol. The Morgan fingerprint density at radius 1 is 1.47 bits per heavy atom. The van der Waals surface area contributed by atoms with Gasteiger partial charge in [0.15, 0.2) is 0 Å². The first-order valence-corrected chi connectivity index (χ1v) is 6.04. The van der Waals surface area contributed by atoms with Crippen molar-refractivity contribution in [2.24, 2.45) is 0 Å². The number of carbonyl (C=O) groups excluding carboxylic acids is 1. The van der Waals surface area contributed by atoms with E-state index in [1.807, 2.05) is 0 Å². The van der Waals surface area contributed by atoms with Crippen LogP contribution in [0.4, 0.5) is 0 Å². The van der Waals surface area contributed by atoms with E-state index in [4.69, 9.17) is 4.74 Å². The highest BCUT2D eigenvalue weighted by Crippen LogP contribution is 2.25. The molecule has 1 aliphatic rings. The van der Waals surface area contributed by atoms with E-state index >= 15 is 0 Å². The quantitative estimate of drug-likeness (QED) is 0.730. The number of nitrogens with zero attached hydrogens (tertiary/aromatic N) is 1. The number of hydrogen-bond donors (Lipinski definition) is 2. The molecule has 0 aromatic rings. The van der Waals surface area contributed by atoms with Crippen LogP contribution in [0.15, 0.2) is 0 Å². The summed E-state index contributed by atoms with van der Waals surface area (Å²) in [6.45, 7) is 5.27. The van der Waals surface area contributed by atoms with Crippen LogP contribution in [0.1, 0.15) is 26.7 Å². The summed E-state index contributed by atoms with van der Waals surface area (Å²) in [4.78, 5) is 14.0. The number of carbonyl (C=O) groups is 1. The Kier molecular flexibility index (Phi) is 4.52. The fraction of sp³-hybridized carbons (Fsp3) is 0.917. The zero-order chi connectivity index (χ0) is 13.1. The zero-order valence-corrected chi connectivity index (χ0v) is 11.2. The van der Waals surface area contributed by atoms with E-state index in [1.165, 1.54) is 0 Å². The predicted octanol–water partition coefficient (Wildman–Crippen LogP) is -0.0157. The minimum absolute atomic E-state index is 0.0383. The third-order valence-electron chi connectivity index (χ3n) is 3.16. The lowest BCUT2D eigenvalue weighted by Gasteiger charge is -2.39. The Morgan fingerprint density at radius 2 is 2.00 bits per heavy atom. The normalized spacial score (nSPS) is 20.1. The van der Waals surface area contributed by atoms with Crippen LogP contribution >= 0.6 is 0 Å². The van der Waals surface area contributed by atoms with E-state index in [9.17, 15) is 9.90 Å².